The smallest absolute Gasteiger partial charge is 0.240 e. The standard InChI is InChI=1S/C17H14N4O5/c1-16-6-9(22)17(2,25-16)11-10(16)14(23)21(15(11)24)8-5-4-7(18-3)12-13(8)20-26-19-12/h4-5,9-11,22H,6H2,1-2H3/t9-,10+,11-,16?,17?/m0/s1. The number of aliphatic hydroxyl groups is 1. The normalized spacial score (nSPS) is 38.2. The van der Waals surface area contributed by atoms with E-state index in [1.54, 1.807) is 13.8 Å². The van der Waals surface area contributed by atoms with Gasteiger partial charge in [0, 0.05) is 6.42 Å². The summed E-state index contributed by atoms with van der Waals surface area (Å²) in [4.78, 5) is 30.8. The Bertz CT molecular complexity index is 1040. The average molecular weight is 354 g/mol. The fraction of sp³-hybridized carbons (Fsp3) is 0.471. The van der Waals surface area contributed by atoms with Gasteiger partial charge in [0.15, 0.2) is 0 Å². The van der Waals surface area contributed by atoms with Crippen LogP contribution in [0.1, 0.15) is 20.3 Å². The van der Waals surface area contributed by atoms with Crippen LogP contribution in [0.4, 0.5) is 11.4 Å². The molecule has 5 atom stereocenters. The number of ether oxygens (including phenoxy) is 1. The molecule has 2 unspecified atom stereocenters. The zero-order valence-electron chi connectivity index (χ0n) is 14.0. The molecule has 0 saturated carbocycles. The SMILES string of the molecule is [C-]#[N+]c1ccc(N2C(=O)[C@@H]3[C@H](C2=O)C2(C)C[C@H](O)C3(C)O2)c2nonc12. The quantitative estimate of drug-likeness (QED) is 0.605. The fourth-order valence-electron chi connectivity index (χ4n) is 4.87. The van der Waals surface area contributed by atoms with E-state index in [-0.39, 0.29) is 22.4 Å². The zero-order valence-corrected chi connectivity index (χ0v) is 14.0. The van der Waals surface area contributed by atoms with Crippen molar-refractivity contribution < 1.29 is 24.1 Å². The average Bonchev–Trinajstić information content (AvgIpc) is 3.27. The molecule has 2 bridgehead atoms. The second-order valence-corrected chi connectivity index (χ2v) is 7.46. The maximum absolute atomic E-state index is 13.2. The second kappa shape index (κ2) is 4.47. The summed E-state index contributed by atoms with van der Waals surface area (Å²) in [5, 5.41) is 17.9. The predicted molar refractivity (Wildman–Crippen MR) is 86.1 cm³/mol. The van der Waals surface area contributed by atoms with Crippen LogP contribution in [0.2, 0.25) is 0 Å². The van der Waals surface area contributed by atoms with Gasteiger partial charge in [-0.15, -0.1) is 0 Å². The molecular formula is C17H14N4O5. The number of rotatable bonds is 1. The third-order valence-electron chi connectivity index (χ3n) is 6.03. The molecule has 0 spiro atoms. The Morgan fingerprint density at radius 1 is 1.23 bits per heavy atom. The number of amides is 2. The maximum Gasteiger partial charge on any atom is 0.240 e. The summed E-state index contributed by atoms with van der Waals surface area (Å²) in [5.41, 5.74) is -1.14. The summed E-state index contributed by atoms with van der Waals surface area (Å²) in [5.74, 6) is -2.26. The summed E-state index contributed by atoms with van der Waals surface area (Å²) < 4.78 is 10.7. The first kappa shape index (κ1) is 15.4. The molecule has 2 amide bonds. The number of fused-ring (bicyclic) bond motifs is 6. The molecule has 0 radical (unpaired) electrons. The molecule has 5 rings (SSSR count). The molecule has 26 heavy (non-hydrogen) atoms. The molecule has 9 heteroatoms. The largest absolute Gasteiger partial charge is 0.390 e. The highest BCUT2D eigenvalue weighted by Crippen LogP contribution is 2.61. The zero-order chi connectivity index (χ0) is 18.4. The van der Waals surface area contributed by atoms with E-state index < -0.39 is 41.0 Å². The lowest BCUT2D eigenvalue weighted by Gasteiger charge is -2.31. The van der Waals surface area contributed by atoms with Crippen molar-refractivity contribution in [3.8, 4) is 0 Å². The molecule has 9 nitrogen and oxygen atoms in total. The van der Waals surface area contributed by atoms with Crippen LogP contribution in [-0.2, 0) is 14.3 Å². The number of benzene rings is 1. The number of hydrogen-bond donors (Lipinski definition) is 1. The van der Waals surface area contributed by atoms with Crippen LogP contribution in [0, 0.1) is 18.4 Å². The van der Waals surface area contributed by atoms with Gasteiger partial charge in [-0.2, -0.15) is 0 Å². The van der Waals surface area contributed by atoms with Crippen molar-refractivity contribution in [2.75, 3.05) is 4.90 Å². The maximum atomic E-state index is 13.2. The minimum absolute atomic E-state index is 0.185. The highest BCUT2D eigenvalue weighted by Gasteiger charge is 2.75. The number of imide groups is 1. The number of aliphatic hydroxyl groups excluding tert-OH is 1. The lowest BCUT2D eigenvalue weighted by molar-refractivity contribution is -0.132. The van der Waals surface area contributed by atoms with E-state index in [2.05, 4.69) is 15.2 Å². The molecule has 132 valence electrons. The fourth-order valence-corrected chi connectivity index (χ4v) is 4.87. The first-order valence-corrected chi connectivity index (χ1v) is 8.20. The van der Waals surface area contributed by atoms with Crippen LogP contribution in [0.15, 0.2) is 16.8 Å². The molecule has 2 aromatic rings. The number of hydrogen-bond acceptors (Lipinski definition) is 7. The Balaban J connectivity index is 1.68. The Labute approximate surface area is 147 Å². The van der Waals surface area contributed by atoms with E-state index in [0.29, 0.717) is 6.42 Å². The van der Waals surface area contributed by atoms with E-state index in [9.17, 15) is 14.7 Å². The van der Waals surface area contributed by atoms with Gasteiger partial charge in [0.05, 0.1) is 35.8 Å². The predicted octanol–water partition coefficient (Wildman–Crippen LogP) is 1.19. The van der Waals surface area contributed by atoms with E-state index in [1.165, 1.54) is 12.1 Å². The highest BCUT2D eigenvalue weighted by molar-refractivity contribution is 6.26. The number of aromatic nitrogens is 2. The van der Waals surface area contributed by atoms with Gasteiger partial charge in [0.1, 0.15) is 16.6 Å². The van der Waals surface area contributed by atoms with Crippen LogP contribution < -0.4 is 4.90 Å². The van der Waals surface area contributed by atoms with Gasteiger partial charge < -0.3 is 9.84 Å². The lowest BCUT2D eigenvalue weighted by atomic mass is 9.67. The molecule has 3 aliphatic rings. The second-order valence-electron chi connectivity index (χ2n) is 7.46. The van der Waals surface area contributed by atoms with Crippen molar-refractivity contribution in [2.24, 2.45) is 11.8 Å². The van der Waals surface area contributed by atoms with Crippen LogP contribution in [-0.4, -0.2) is 44.5 Å². The molecule has 3 aliphatic heterocycles. The van der Waals surface area contributed by atoms with Gasteiger partial charge in [-0.3, -0.25) is 9.59 Å². The number of carbonyl (C=O) groups excluding carboxylic acids is 2. The van der Waals surface area contributed by atoms with E-state index >= 15 is 0 Å². The molecule has 1 aromatic heterocycles. The monoisotopic (exact) mass is 354 g/mol. The topological polar surface area (TPSA) is 110 Å². The van der Waals surface area contributed by atoms with Crippen LogP contribution in [0.3, 0.4) is 0 Å². The van der Waals surface area contributed by atoms with Crippen LogP contribution in [0.5, 0.6) is 0 Å². The van der Waals surface area contributed by atoms with Gasteiger partial charge >= 0.3 is 0 Å². The molecule has 1 aromatic carbocycles. The van der Waals surface area contributed by atoms with Crippen molar-refractivity contribution in [1.29, 1.82) is 0 Å². The Morgan fingerprint density at radius 2 is 1.92 bits per heavy atom. The van der Waals surface area contributed by atoms with E-state index in [0.717, 1.165) is 4.90 Å². The number of carbonyl (C=O) groups is 2. The van der Waals surface area contributed by atoms with Crippen LogP contribution >= 0.6 is 0 Å². The minimum Gasteiger partial charge on any atom is -0.390 e. The minimum atomic E-state index is -1.10. The molecule has 4 heterocycles. The van der Waals surface area contributed by atoms with Crippen LogP contribution in [0.25, 0.3) is 15.9 Å². The Kier molecular flexibility index (Phi) is 2.65. The van der Waals surface area contributed by atoms with Crippen molar-refractivity contribution in [3.05, 3.63) is 23.5 Å². The summed E-state index contributed by atoms with van der Waals surface area (Å²) in [6.07, 6.45) is -0.515. The molecule has 3 fully saturated rings. The molecule has 3 saturated heterocycles. The molecule has 0 aliphatic carbocycles. The Morgan fingerprint density at radius 3 is 2.65 bits per heavy atom. The third-order valence-corrected chi connectivity index (χ3v) is 6.03. The summed E-state index contributed by atoms with van der Waals surface area (Å²) in [6.45, 7) is 10.6. The van der Waals surface area contributed by atoms with Crippen molar-refractivity contribution in [3.63, 3.8) is 0 Å². The summed E-state index contributed by atoms with van der Waals surface area (Å²) in [6, 6.07) is 2.98. The Hall–Kier alpha value is -2.83. The molecule has 1 N–H and O–H groups in total. The molecular weight excluding hydrogens is 340 g/mol. The summed E-state index contributed by atoms with van der Waals surface area (Å²) >= 11 is 0. The number of nitrogens with zero attached hydrogens (tertiary/aromatic N) is 4. The first-order valence-electron chi connectivity index (χ1n) is 8.20. The highest BCUT2D eigenvalue weighted by atomic mass is 16.6. The van der Waals surface area contributed by atoms with Gasteiger partial charge in [-0.05, 0) is 25.1 Å². The van der Waals surface area contributed by atoms with E-state index in [4.69, 9.17) is 15.9 Å². The van der Waals surface area contributed by atoms with Gasteiger partial charge in [0.25, 0.3) is 0 Å². The lowest BCUT2D eigenvalue weighted by Crippen LogP contribution is -2.49. The third kappa shape index (κ3) is 1.52. The van der Waals surface area contributed by atoms with Gasteiger partial charge in [-0.25, -0.2) is 14.4 Å². The van der Waals surface area contributed by atoms with E-state index in [1.807, 2.05) is 0 Å². The summed E-state index contributed by atoms with van der Waals surface area (Å²) in [7, 11) is 0. The first-order chi connectivity index (χ1) is 12.3. The van der Waals surface area contributed by atoms with Gasteiger partial charge in [-0.1, -0.05) is 11.2 Å². The van der Waals surface area contributed by atoms with Gasteiger partial charge in [0.2, 0.25) is 17.5 Å². The number of anilines is 1. The van der Waals surface area contributed by atoms with Crippen molar-refractivity contribution in [1.82, 2.24) is 10.3 Å². The van der Waals surface area contributed by atoms with Crippen molar-refractivity contribution >= 4 is 34.2 Å². The van der Waals surface area contributed by atoms with Crippen molar-refractivity contribution in [2.45, 2.75) is 37.6 Å².